The quantitative estimate of drug-likeness (QED) is 0.719. The van der Waals surface area contributed by atoms with Crippen molar-refractivity contribution in [3.05, 3.63) is 35.4 Å². The fourth-order valence-corrected chi connectivity index (χ4v) is 2.20. The van der Waals surface area contributed by atoms with Crippen LogP contribution in [-0.2, 0) is 9.63 Å². The summed E-state index contributed by atoms with van der Waals surface area (Å²) >= 11 is 0. The lowest BCUT2D eigenvalue weighted by Crippen LogP contribution is -2.23. The molecule has 4 nitrogen and oxygen atoms in total. The van der Waals surface area contributed by atoms with Gasteiger partial charge in [-0.3, -0.25) is 4.79 Å². The molecule has 0 atom stereocenters. The Kier molecular flexibility index (Phi) is 2.15. The summed E-state index contributed by atoms with van der Waals surface area (Å²) in [6.07, 6.45) is 1.74. The van der Waals surface area contributed by atoms with Gasteiger partial charge >= 0.3 is 0 Å². The number of nitrogens with one attached hydrogen (secondary N) is 1. The highest BCUT2D eigenvalue weighted by Gasteiger charge is 2.25. The van der Waals surface area contributed by atoms with E-state index in [2.05, 4.69) is 5.48 Å². The number of anilines is 1. The molecule has 4 heteroatoms. The molecule has 82 valence electrons. The maximum atomic E-state index is 11.0. The molecule has 16 heavy (non-hydrogen) atoms. The van der Waals surface area contributed by atoms with Crippen LogP contribution in [-0.4, -0.2) is 19.5 Å². The molecule has 0 fully saturated rings. The fourth-order valence-electron chi connectivity index (χ4n) is 2.20. The Hall–Kier alpha value is -1.81. The van der Waals surface area contributed by atoms with E-state index < -0.39 is 0 Å². The van der Waals surface area contributed by atoms with Gasteiger partial charge in [-0.15, -0.1) is 0 Å². The Morgan fingerprint density at radius 1 is 1.38 bits per heavy atom. The number of amides is 1. The molecule has 1 amide bonds. The van der Waals surface area contributed by atoms with Crippen LogP contribution < -0.4 is 10.4 Å². The van der Waals surface area contributed by atoms with Gasteiger partial charge in [0.15, 0.2) is 5.76 Å². The SMILES string of the molecule is O=CN1CCC2=C(ONC2)c2ccccc21. The Morgan fingerprint density at radius 3 is 3.12 bits per heavy atom. The van der Waals surface area contributed by atoms with Gasteiger partial charge in [-0.1, -0.05) is 12.1 Å². The molecule has 2 aliphatic rings. The lowest BCUT2D eigenvalue weighted by molar-refractivity contribution is -0.107. The van der Waals surface area contributed by atoms with Crippen LogP contribution in [0.5, 0.6) is 0 Å². The maximum Gasteiger partial charge on any atom is 0.214 e. The Labute approximate surface area is 93.5 Å². The van der Waals surface area contributed by atoms with Crippen LogP contribution in [0.1, 0.15) is 12.0 Å². The van der Waals surface area contributed by atoms with Crippen molar-refractivity contribution in [1.29, 1.82) is 0 Å². The zero-order valence-electron chi connectivity index (χ0n) is 8.77. The van der Waals surface area contributed by atoms with E-state index in [-0.39, 0.29) is 0 Å². The van der Waals surface area contributed by atoms with Crippen molar-refractivity contribution >= 4 is 17.9 Å². The minimum Gasteiger partial charge on any atom is -0.408 e. The topological polar surface area (TPSA) is 41.6 Å². The summed E-state index contributed by atoms with van der Waals surface area (Å²) in [6.45, 7) is 1.46. The monoisotopic (exact) mass is 216 g/mol. The standard InChI is InChI=1S/C12H12N2O2/c15-8-14-6-5-9-7-13-16-12(9)10-3-1-2-4-11(10)14/h1-4,8,13H,5-7H2. The highest BCUT2D eigenvalue weighted by molar-refractivity contribution is 5.85. The number of rotatable bonds is 1. The molecule has 0 bridgehead atoms. The highest BCUT2D eigenvalue weighted by Crippen LogP contribution is 2.35. The summed E-state index contributed by atoms with van der Waals surface area (Å²) < 4.78 is 0. The summed E-state index contributed by atoms with van der Waals surface area (Å²) in [5, 5.41) is 0. The lowest BCUT2D eigenvalue weighted by atomic mass is 10.1. The summed E-state index contributed by atoms with van der Waals surface area (Å²) in [5.74, 6) is 0.889. The van der Waals surface area contributed by atoms with Crippen molar-refractivity contribution in [2.45, 2.75) is 6.42 Å². The molecule has 0 saturated heterocycles. The second-order valence-corrected chi connectivity index (χ2v) is 3.92. The van der Waals surface area contributed by atoms with Crippen molar-refractivity contribution in [2.75, 3.05) is 18.0 Å². The molecule has 1 aromatic rings. The van der Waals surface area contributed by atoms with E-state index in [0.717, 1.165) is 36.4 Å². The second kappa shape index (κ2) is 3.64. The van der Waals surface area contributed by atoms with Crippen LogP contribution in [0.2, 0.25) is 0 Å². The first kappa shape index (κ1) is 9.42. The average Bonchev–Trinajstić information content (AvgIpc) is 2.73. The van der Waals surface area contributed by atoms with Gasteiger partial charge in [0.2, 0.25) is 6.41 Å². The van der Waals surface area contributed by atoms with Crippen molar-refractivity contribution in [2.24, 2.45) is 0 Å². The number of carbonyl (C=O) groups is 1. The summed E-state index contributed by atoms with van der Waals surface area (Å²) in [7, 11) is 0. The van der Waals surface area contributed by atoms with Crippen molar-refractivity contribution in [1.82, 2.24) is 5.48 Å². The molecule has 2 heterocycles. The van der Waals surface area contributed by atoms with Gasteiger partial charge in [-0.2, -0.15) is 5.48 Å². The van der Waals surface area contributed by atoms with Gasteiger partial charge < -0.3 is 9.74 Å². The van der Waals surface area contributed by atoms with E-state index in [4.69, 9.17) is 4.84 Å². The number of nitrogens with zero attached hydrogens (tertiary/aromatic N) is 1. The third kappa shape index (κ3) is 1.31. The van der Waals surface area contributed by atoms with E-state index >= 15 is 0 Å². The van der Waals surface area contributed by atoms with Crippen LogP contribution in [0.15, 0.2) is 29.8 Å². The van der Waals surface area contributed by atoms with E-state index in [0.29, 0.717) is 6.54 Å². The third-order valence-corrected chi connectivity index (χ3v) is 3.02. The minimum absolute atomic E-state index is 0.713. The highest BCUT2D eigenvalue weighted by atomic mass is 16.7. The van der Waals surface area contributed by atoms with Gasteiger partial charge in [0.25, 0.3) is 0 Å². The number of hydroxylamine groups is 1. The number of fused-ring (bicyclic) bond motifs is 2. The van der Waals surface area contributed by atoms with E-state index in [9.17, 15) is 4.79 Å². The summed E-state index contributed by atoms with van der Waals surface area (Å²) in [5.41, 5.74) is 6.03. The second-order valence-electron chi connectivity index (χ2n) is 3.92. The smallest absolute Gasteiger partial charge is 0.214 e. The lowest BCUT2D eigenvalue weighted by Gasteiger charge is -2.18. The summed E-state index contributed by atoms with van der Waals surface area (Å²) in [6, 6.07) is 7.82. The van der Waals surface area contributed by atoms with Gasteiger partial charge in [0, 0.05) is 12.1 Å². The fraction of sp³-hybridized carbons (Fsp3) is 0.250. The predicted molar refractivity (Wildman–Crippen MR) is 60.5 cm³/mol. The molecule has 3 rings (SSSR count). The number of carbonyl (C=O) groups excluding carboxylic acids is 1. The molecule has 0 spiro atoms. The van der Waals surface area contributed by atoms with Crippen LogP contribution in [0.4, 0.5) is 5.69 Å². The normalized spacial score (nSPS) is 18.6. The van der Waals surface area contributed by atoms with E-state index in [1.165, 1.54) is 5.57 Å². The molecular weight excluding hydrogens is 204 g/mol. The average molecular weight is 216 g/mol. The van der Waals surface area contributed by atoms with Crippen LogP contribution in [0.25, 0.3) is 5.76 Å². The number of benzene rings is 1. The molecular formula is C12H12N2O2. The molecule has 1 aromatic carbocycles. The first-order valence-corrected chi connectivity index (χ1v) is 5.33. The van der Waals surface area contributed by atoms with Crippen LogP contribution in [0.3, 0.4) is 0 Å². The largest absolute Gasteiger partial charge is 0.408 e. The molecule has 0 saturated carbocycles. The molecule has 1 N–H and O–H groups in total. The van der Waals surface area contributed by atoms with Crippen molar-refractivity contribution < 1.29 is 9.63 Å². The minimum atomic E-state index is 0.713. The van der Waals surface area contributed by atoms with Gasteiger partial charge in [-0.05, 0) is 24.1 Å². The number of para-hydroxylation sites is 1. The van der Waals surface area contributed by atoms with E-state index in [1.807, 2.05) is 24.3 Å². The first-order valence-electron chi connectivity index (χ1n) is 5.33. The first-order chi connectivity index (χ1) is 7.90. The van der Waals surface area contributed by atoms with Crippen LogP contribution >= 0.6 is 0 Å². The molecule has 0 unspecified atom stereocenters. The third-order valence-electron chi connectivity index (χ3n) is 3.02. The summed E-state index contributed by atoms with van der Waals surface area (Å²) in [4.78, 5) is 18.2. The van der Waals surface area contributed by atoms with Gasteiger partial charge in [-0.25, -0.2) is 0 Å². The number of hydrogen-bond acceptors (Lipinski definition) is 3. The van der Waals surface area contributed by atoms with Crippen molar-refractivity contribution in [3.8, 4) is 0 Å². The van der Waals surface area contributed by atoms with Gasteiger partial charge in [0.05, 0.1) is 12.2 Å². The van der Waals surface area contributed by atoms with Crippen molar-refractivity contribution in [3.63, 3.8) is 0 Å². The van der Waals surface area contributed by atoms with Gasteiger partial charge in [0.1, 0.15) is 0 Å². The molecule has 0 radical (unpaired) electrons. The molecule has 2 aliphatic heterocycles. The predicted octanol–water partition coefficient (Wildman–Crippen LogP) is 1.30. The maximum absolute atomic E-state index is 11.0. The van der Waals surface area contributed by atoms with E-state index in [1.54, 1.807) is 4.90 Å². The van der Waals surface area contributed by atoms with Crippen LogP contribution in [0, 0.1) is 0 Å². The molecule has 0 aliphatic carbocycles. The zero-order valence-corrected chi connectivity index (χ0v) is 8.77. The number of hydrogen-bond donors (Lipinski definition) is 1. The molecule has 0 aromatic heterocycles. The Balaban J connectivity index is 2.16. The Bertz CT molecular complexity index is 468. The zero-order chi connectivity index (χ0) is 11.0. The Morgan fingerprint density at radius 2 is 2.25 bits per heavy atom.